The van der Waals surface area contributed by atoms with E-state index in [9.17, 15) is 4.79 Å². The highest BCUT2D eigenvalue weighted by Gasteiger charge is 2.26. The molecule has 4 aromatic rings. The zero-order chi connectivity index (χ0) is 23.5. The van der Waals surface area contributed by atoms with Gasteiger partial charge in [0.1, 0.15) is 19.0 Å². The molecule has 0 radical (unpaired) electrons. The van der Waals surface area contributed by atoms with Gasteiger partial charge in [0.25, 0.3) is 5.56 Å². The number of hydrogen-bond donors (Lipinski definition) is 0. The molecule has 0 N–H and O–H groups in total. The number of rotatable bonds is 7. The second-order valence-corrected chi connectivity index (χ2v) is 8.39. The van der Waals surface area contributed by atoms with Crippen LogP contribution in [-0.4, -0.2) is 11.7 Å². The first-order chi connectivity index (χ1) is 16.7. The van der Waals surface area contributed by atoms with Crippen LogP contribution in [0.3, 0.4) is 0 Å². The fraction of sp³-hybridized carbons (Fsp3) is 0.207. The van der Waals surface area contributed by atoms with Crippen molar-refractivity contribution in [1.29, 1.82) is 0 Å². The monoisotopic (exact) mass is 453 g/mol. The molecule has 0 spiro atoms. The Labute approximate surface area is 199 Å². The van der Waals surface area contributed by atoms with Crippen LogP contribution in [-0.2, 0) is 26.2 Å². The topological polar surface area (TPSA) is 49.7 Å². The highest BCUT2D eigenvalue weighted by Crippen LogP contribution is 2.43. The minimum atomic E-state index is -0.0577. The van der Waals surface area contributed by atoms with Crippen molar-refractivity contribution in [2.24, 2.45) is 0 Å². The number of nitrogens with zero attached hydrogens (tertiary/aromatic N) is 1. The van der Waals surface area contributed by atoms with Gasteiger partial charge in [-0.25, -0.2) is 0 Å². The maximum atomic E-state index is 13.0. The van der Waals surface area contributed by atoms with Crippen LogP contribution >= 0.6 is 0 Å². The molecular formula is C29H27NO4. The summed E-state index contributed by atoms with van der Waals surface area (Å²) in [6.45, 7) is 3.46. The molecule has 0 aliphatic carbocycles. The number of ether oxygens (including phenoxy) is 3. The molecule has 5 rings (SSSR count). The molecule has 0 atom stereocenters. The molecule has 172 valence electrons. The molecule has 3 aromatic carbocycles. The maximum Gasteiger partial charge on any atom is 0.254 e. The van der Waals surface area contributed by atoms with Crippen molar-refractivity contribution >= 4 is 0 Å². The molecule has 5 nitrogen and oxygen atoms in total. The standard InChI is InChI=1S/C29H27NO4/c1-20-26(34-19-22-11-7-4-8-12-22)17-27(31)30-16-15-24-23(28(20)30)13-14-25(29(24)32-2)33-18-21-9-5-3-6-10-21/h3-14,17H,15-16,18-19H2,1-2H3. The zero-order valence-corrected chi connectivity index (χ0v) is 19.4. The summed E-state index contributed by atoms with van der Waals surface area (Å²) >= 11 is 0. The van der Waals surface area contributed by atoms with E-state index in [1.807, 2.05) is 84.3 Å². The lowest BCUT2D eigenvalue weighted by Gasteiger charge is -2.27. The number of benzene rings is 3. The summed E-state index contributed by atoms with van der Waals surface area (Å²) in [5, 5.41) is 0. The molecule has 1 aliphatic rings. The summed E-state index contributed by atoms with van der Waals surface area (Å²) in [5.74, 6) is 2.04. The Morgan fingerprint density at radius 1 is 0.824 bits per heavy atom. The molecule has 0 amide bonds. The van der Waals surface area contributed by atoms with Crippen molar-refractivity contribution in [3.63, 3.8) is 0 Å². The summed E-state index contributed by atoms with van der Waals surface area (Å²) in [6, 6.07) is 25.6. The zero-order valence-electron chi connectivity index (χ0n) is 19.4. The molecule has 2 heterocycles. The Morgan fingerprint density at radius 2 is 1.44 bits per heavy atom. The Bertz CT molecular complexity index is 1360. The molecule has 0 unspecified atom stereocenters. The number of aromatic nitrogens is 1. The highest BCUT2D eigenvalue weighted by atomic mass is 16.5. The van der Waals surface area contributed by atoms with Crippen LogP contribution < -0.4 is 19.8 Å². The molecular weight excluding hydrogens is 426 g/mol. The van der Waals surface area contributed by atoms with Crippen LogP contribution in [0, 0.1) is 6.92 Å². The Hall–Kier alpha value is -3.99. The van der Waals surface area contributed by atoms with Gasteiger partial charge in [-0.15, -0.1) is 0 Å². The van der Waals surface area contributed by atoms with E-state index in [-0.39, 0.29) is 5.56 Å². The van der Waals surface area contributed by atoms with E-state index < -0.39 is 0 Å². The van der Waals surface area contributed by atoms with Crippen LogP contribution in [0.4, 0.5) is 0 Å². The number of hydrogen-bond acceptors (Lipinski definition) is 4. The number of pyridine rings is 1. The van der Waals surface area contributed by atoms with E-state index in [0.717, 1.165) is 39.3 Å². The van der Waals surface area contributed by atoms with Gasteiger partial charge in [0.05, 0.1) is 12.8 Å². The molecule has 0 saturated heterocycles. The van der Waals surface area contributed by atoms with Crippen LogP contribution in [0.15, 0.2) is 83.7 Å². The quantitative estimate of drug-likeness (QED) is 0.368. The summed E-state index contributed by atoms with van der Waals surface area (Å²) in [7, 11) is 1.67. The predicted molar refractivity (Wildman–Crippen MR) is 133 cm³/mol. The second-order valence-electron chi connectivity index (χ2n) is 8.39. The second kappa shape index (κ2) is 9.48. The summed E-state index contributed by atoms with van der Waals surface area (Å²) < 4.78 is 19.8. The van der Waals surface area contributed by atoms with Gasteiger partial charge < -0.3 is 18.8 Å². The lowest BCUT2D eigenvalue weighted by molar-refractivity contribution is 0.283. The predicted octanol–water partition coefficient (Wildman–Crippen LogP) is 5.55. The summed E-state index contributed by atoms with van der Waals surface area (Å²) in [5.41, 5.74) is 5.95. The van der Waals surface area contributed by atoms with E-state index in [4.69, 9.17) is 14.2 Å². The van der Waals surface area contributed by atoms with Crippen molar-refractivity contribution < 1.29 is 14.2 Å². The van der Waals surface area contributed by atoms with Crippen molar-refractivity contribution in [3.8, 4) is 28.5 Å². The Morgan fingerprint density at radius 3 is 2.06 bits per heavy atom. The van der Waals surface area contributed by atoms with Gasteiger partial charge in [0, 0.05) is 29.3 Å². The summed E-state index contributed by atoms with van der Waals surface area (Å²) in [4.78, 5) is 13.0. The van der Waals surface area contributed by atoms with Crippen LogP contribution in [0.1, 0.15) is 22.3 Å². The van der Waals surface area contributed by atoms with Gasteiger partial charge in [0.2, 0.25) is 0 Å². The molecule has 0 fully saturated rings. The molecule has 34 heavy (non-hydrogen) atoms. The van der Waals surface area contributed by atoms with Gasteiger partial charge in [-0.3, -0.25) is 4.79 Å². The molecule has 5 heteroatoms. The Kier molecular flexibility index (Phi) is 6.09. The van der Waals surface area contributed by atoms with Crippen molar-refractivity contribution in [2.45, 2.75) is 33.1 Å². The van der Waals surface area contributed by atoms with Crippen molar-refractivity contribution in [3.05, 3.63) is 111 Å². The third kappa shape index (κ3) is 4.17. The highest BCUT2D eigenvalue weighted by molar-refractivity contribution is 5.75. The molecule has 0 bridgehead atoms. The molecule has 0 saturated carbocycles. The van der Waals surface area contributed by atoms with Crippen LogP contribution in [0.5, 0.6) is 17.2 Å². The minimum absolute atomic E-state index is 0.0577. The lowest BCUT2D eigenvalue weighted by Crippen LogP contribution is -2.27. The van der Waals surface area contributed by atoms with Gasteiger partial charge in [-0.05, 0) is 36.6 Å². The van der Waals surface area contributed by atoms with Gasteiger partial charge >= 0.3 is 0 Å². The largest absolute Gasteiger partial charge is 0.493 e. The smallest absolute Gasteiger partial charge is 0.254 e. The molecule has 1 aliphatic heterocycles. The van der Waals surface area contributed by atoms with E-state index >= 15 is 0 Å². The SMILES string of the molecule is COc1c(OCc2ccccc2)ccc2c1CCn1c-2c(C)c(OCc2ccccc2)cc1=O. The first-order valence-electron chi connectivity index (χ1n) is 11.4. The van der Waals surface area contributed by atoms with E-state index in [0.29, 0.717) is 37.7 Å². The summed E-state index contributed by atoms with van der Waals surface area (Å²) in [6.07, 6.45) is 0.692. The van der Waals surface area contributed by atoms with Gasteiger partial charge in [0.15, 0.2) is 11.5 Å². The maximum absolute atomic E-state index is 13.0. The van der Waals surface area contributed by atoms with Crippen LogP contribution in [0.25, 0.3) is 11.3 Å². The Balaban J connectivity index is 1.50. The van der Waals surface area contributed by atoms with Gasteiger partial charge in [-0.1, -0.05) is 60.7 Å². The minimum Gasteiger partial charge on any atom is -0.493 e. The van der Waals surface area contributed by atoms with E-state index in [1.54, 1.807) is 13.2 Å². The average Bonchev–Trinajstić information content (AvgIpc) is 2.88. The third-order valence-corrected chi connectivity index (χ3v) is 6.26. The average molecular weight is 454 g/mol. The molecule has 1 aromatic heterocycles. The first-order valence-corrected chi connectivity index (χ1v) is 11.4. The normalized spacial score (nSPS) is 11.9. The fourth-order valence-electron chi connectivity index (χ4n) is 4.56. The van der Waals surface area contributed by atoms with E-state index in [1.165, 1.54) is 0 Å². The van der Waals surface area contributed by atoms with Crippen molar-refractivity contribution in [1.82, 2.24) is 4.57 Å². The van der Waals surface area contributed by atoms with E-state index in [2.05, 4.69) is 0 Å². The van der Waals surface area contributed by atoms with Crippen molar-refractivity contribution in [2.75, 3.05) is 7.11 Å². The number of methoxy groups -OCH3 is 1. The lowest BCUT2D eigenvalue weighted by atomic mass is 9.93. The number of fused-ring (bicyclic) bond motifs is 3. The third-order valence-electron chi connectivity index (χ3n) is 6.26. The fourth-order valence-corrected chi connectivity index (χ4v) is 4.56. The van der Waals surface area contributed by atoms with Crippen LogP contribution in [0.2, 0.25) is 0 Å². The van der Waals surface area contributed by atoms with Gasteiger partial charge in [-0.2, -0.15) is 0 Å². The first kappa shape index (κ1) is 21.8.